The van der Waals surface area contributed by atoms with E-state index in [0.717, 1.165) is 11.1 Å². The van der Waals surface area contributed by atoms with Crippen molar-refractivity contribution in [2.75, 3.05) is 11.9 Å². The normalized spacial score (nSPS) is 9.90. The van der Waals surface area contributed by atoms with E-state index in [1.165, 1.54) is 18.2 Å². The average molecular weight is 396 g/mol. The molecule has 0 spiro atoms. The average Bonchev–Trinajstić information content (AvgIpc) is 2.67. The molecular formula is C22H24N2O5. The van der Waals surface area contributed by atoms with Gasteiger partial charge in [0, 0.05) is 23.9 Å². The number of hydrogen-bond acceptors (Lipinski definition) is 5. The summed E-state index contributed by atoms with van der Waals surface area (Å²) in [6.45, 7) is 5.82. The van der Waals surface area contributed by atoms with E-state index in [1.54, 1.807) is 25.1 Å². The summed E-state index contributed by atoms with van der Waals surface area (Å²) >= 11 is 0. The van der Waals surface area contributed by atoms with Crippen LogP contribution in [0.3, 0.4) is 0 Å². The summed E-state index contributed by atoms with van der Waals surface area (Å²) in [5.74, 6) is -0.230. The zero-order valence-corrected chi connectivity index (χ0v) is 16.7. The van der Waals surface area contributed by atoms with E-state index in [-0.39, 0.29) is 30.7 Å². The van der Waals surface area contributed by atoms with Crippen molar-refractivity contribution in [3.63, 3.8) is 0 Å². The van der Waals surface area contributed by atoms with Gasteiger partial charge in [0.05, 0.1) is 6.61 Å². The predicted molar refractivity (Wildman–Crippen MR) is 110 cm³/mol. The molecule has 0 atom stereocenters. The monoisotopic (exact) mass is 396 g/mol. The third-order valence-electron chi connectivity index (χ3n) is 3.71. The predicted octanol–water partition coefficient (Wildman–Crippen LogP) is 4.06. The number of nitrogens with one attached hydrogen (secondary N) is 2. The van der Waals surface area contributed by atoms with Crippen molar-refractivity contribution in [2.24, 2.45) is 0 Å². The van der Waals surface area contributed by atoms with Gasteiger partial charge < -0.3 is 20.1 Å². The van der Waals surface area contributed by atoms with Gasteiger partial charge in [-0.05, 0) is 56.7 Å². The van der Waals surface area contributed by atoms with Crippen LogP contribution in [0.1, 0.15) is 36.7 Å². The minimum absolute atomic E-state index is 0.218. The van der Waals surface area contributed by atoms with E-state index in [9.17, 15) is 14.4 Å². The summed E-state index contributed by atoms with van der Waals surface area (Å²) in [6.07, 6.45) is 0.714. The molecule has 0 fully saturated rings. The first-order valence-electron chi connectivity index (χ1n) is 9.15. The van der Waals surface area contributed by atoms with Gasteiger partial charge in [0.1, 0.15) is 5.75 Å². The molecule has 0 saturated carbocycles. The van der Waals surface area contributed by atoms with E-state index in [2.05, 4.69) is 10.6 Å². The lowest BCUT2D eigenvalue weighted by atomic mass is 10.1. The van der Waals surface area contributed by atoms with Crippen LogP contribution in [0, 0.1) is 0 Å². The lowest BCUT2D eigenvalue weighted by molar-refractivity contribution is -0.112. The maximum Gasteiger partial charge on any atom is 0.513 e. The van der Waals surface area contributed by atoms with Gasteiger partial charge >= 0.3 is 6.16 Å². The highest BCUT2D eigenvalue weighted by molar-refractivity contribution is 6.00. The zero-order chi connectivity index (χ0) is 21.2. The Balaban J connectivity index is 1.98. The maximum absolute atomic E-state index is 12.4. The highest BCUT2D eigenvalue weighted by atomic mass is 16.7. The lowest BCUT2D eigenvalue weighted by Gasteiger charge is -2.11. The molecule has 2 N–H and O–H groups in total. The van der Waals surface area contributed by atoms with Gasteiger partial charge in [0.15, 0.2) is 0 Å². The second-order valence-corrected chi connectivity index (χ2v) is 6.36. The highest BCUT2D eigenvalue weighted by Crippen LogP contribution is 2.16. The van der Waals surface area contributed by atoms with Crippen LogP contribution in [0.15, 0.2) is 60.2 Å². The summed E-state index contributed by atoms with van der Waals surface area (Å²) in [6, 6.07) is 13.4. The molecule has 0 saturated heterocycles. The number of carbonyl (C=O) groups is 3. The Morgan fingerprint density at radius 2 is 1.69 bits per heavy atom. The van der Waals surface area contributed by atoms with Crippen LogP contribution in [0.25, 0.3) is 0 Å². The molecule has 2 aromatic rings. The minimum atomic E-state index is -0.795. The lowest BCUT2D eigenvalue weighted by Crippen LogP contribution is -2.23. The molecule has 0 unspecified atom stereocenters. The second kappa shape index (κ2) is 10.7. The van der Waals surface area contributed by atoms with E-state index in [1.807, 2.05) is 32.0 Å². The molecular weight excluding hydrogens is 372 g/mol. The fourth-order valence-electron chi connectivity index (χ4n) is 2.42. The first-order chi connectivity index (χ1) is 13.9. The molecule has 0 aliphatic rings. The van der Waals surface area contributed by atoms with Gasteiger partial charge in [-0.3, -0.25) is 9.59 Å². The van der Waals surface area contributed by atoms with Crippen molar-refractivity contribution < 1.29 is 23.9 Å². The number of allylic oxidation sites excluding steroid dienone is 1. The number of ether oxygens (including phenoxy) is 2. The Kier molecular flexibility index (Phi) is 7.97. The van der Waals surface area contributed by atoms with Crippen molar-refractivity contribution in [1.82, 2.24) is 5.32 Å². The summed E-state index contributed by atoms with van der Waals surface area (Å²) < 4.78 is 9.66. The topological polar surface area (TPSA) is 93.7 Å². The molecule has 29 heavy (non-hydrogen) atoms. The second-order valence-electron chi connectivity index (χ2n) is 6.36. The molecule has 0 radical (unpaired) electrons. The molecule has 0 aliphatic heterocycles. The van der Waals surface area contributed by atoms with Crippen molar-refractivity contribution in [2.45, 2.75) is 27.3 Å². The molecule has 2 amide bonds. The van der Waals surface area contributed by atoms with Crippen LogP contribution in [-0.4, -0.2) is 24.6 Å². The van der Waals surface area contributed by atoms with Crippen molar-refractivity contribution >= 4 is 23.7 Å². The standard InChI is InChI=1S/C22H24N2O5/c1-4-28-22(27)29-18-11-9-16(10-12-18)21(26)23-14-17-7-5-6-8-19(17)24-20(25)13-15(2)3/h5-13H,4,14H2,1-3H3,(H,23,26)(H,24,25). The Hall–Kier alpha value is -3.61. The largest absolute Gasteiger partial charge is 0.513 e. The zero-order valence-electron chi connectivity index (χ0n) is 16.7. The van der Waals surface area contributed by atoms with E-state index >= 15 is 0 Å². The van der Waals surface area contributed by atoms with E-state index in [0.29, 0.717) is 11.3 Å². The first kappa shape index (κ1) is 21.7. The summed E-state index contributed by atoms with van der Waals surface area (Å²) in [5, 5.41) is 5.63. The molecule has 2 rings (SSSR count). The van der Waals surface area contributed by atoms with Gasteiger partial charge in [-0.2, -0.15) is 0 Å². The number of anilines is 1. The fourth-order valence-corrected chi connectivity index (χ4v) is 2.42. The molecule has 0 bridgehead atoms. The molecule has 7 nitrogen and oxygen atoms in total. The van der Waals surface area contributed by atoms with Crippen LogP contribution in [0.2, 0.25) is 0 Å². The van der Waals surface area contributed by atoms with Crippen molar-refractivity contribution in [3.8, 4) is 5.75 Å². The number of carbonyl (C=O) groups excluding carboxylic acids is 3. The van der Waals surface area contributed by atoms with Gasteiger partial charge in [0.2, 0.25) is 5.91 Å². The highest BCUT2D eigenvalue weighted by Gasteiger charge is 2.10. The van der Waals surface area contributed by atoms with Gasteiger partial charge in [-0.25, -0.2) is 4.79 Å². The molecule has 0 heterocycles. The quantitative estimate of drug-likeness (QED) is 0.418. The Morgan fingerprint density at radius 3 is 2.34 bits per heavy atom. The maximum atomic E-state index is 12.4. The smallest absolute Gasteiger partial charge is 0.434 e. The molecule has 2 aromatic carbocycles. The van der Waals surface area contributed by atoms with Gasteiger partial charge in [-0.15, -0.1) is 0 Å². The SMILES string of the molecule is CCOC(=O)Oc1ccc(C(=O)NCc2ccccc2NC(=O)C=C(C)C)cc1. The van der Waals surface area contributed by atoms with Crippen LogP contribution in [-0.2, 0) is 16.1 Å². The van der Waals surface area contributed by atoms with Crippen LogP contribution < -0.4 is 15.4 Å². The summed E-state index contributed by atoms with van der Waals surface area (Å²) in [5.41, 5.74) is 2.71. The number of amides is 2. The van der Waals surface area contributed by atoms with E-state index in [4.69, 9.17) is 9.47 Å². The van der Waals surface area contributed by atoms with Crippen LogP contribution in [0.5, 0.6) is 5.75 Å². The minimum Gasteiger partial charge on any atom is -0.434 e. The van der Waals surface area contributed by atoms with Crippen LogP contribution in [0.4, 0.5) is 10.5 Å². The number of hydrogen-bond donors (Lipinski definition) is 2. The molecule has 7 heteroatoms. The summed E-state index contributed by atoms with van der Waals surface area (Å²) in [4.78, 5) is 35.7. The number of benzene rings is 2. The molecule has 0 aromatic heterocycles. The summed E-state index contributed by atoms with van der Waals surface area (Å²) in [7, 11) is 0. The molecule has 0 aliphatic carbocycles. The Labute approximate surface area is 169 Å². The third kappa shape index (κ3) is 7.14. The Bertz CT molecular complexity index is 900. The van der Waals surface area contributed by atoms with Crippen molar-refractivity contribution in [3.05, 3.63) is 71.3 Å². The fraction of sp³-hybridized carbons (Fsp3) is 0.227. The van der Waals surface area contributed by atoms with Gasteiger partial charge in [-0.1, -0.05) is 23.8 Å². The number of para-hydroxylation sites is 1. The number of rotatable bonds is 7. The first-order valence-corrected chi connectivity index (χ1v) is 9.15. The Morgan fingerprint density at radius 1 is 1.00 bits per heavy atom. The van der Waals surface area contributed by atoms with Crippen LogP contribution >= 0.6 is 0 Å². The van der Waals surface area contributed by atoms with Crippen molar-refractivity contribution in [1.29, 1.82) is 0 Å². The third-order valence-corrected chi connectivity index (χ3v) is 3.71. The van der Waals surface area contributed by atoms with E-state index < -0.39 is 6.16 Å². The van der Waals surface area contributed by atoms with Gasteiger partial charge in [0.25, 0.3) is 5.91 Å². The molecule has 152 valence electrons.